The second-order valence-electron chi connectivity index (χ2n) is 8.99. The highest BCUT2D eigenvalue weighted by Gasteiger charge is 2.28. The zero-order valence-corrected chi connectivity index (χ0v) is 19.0. The van der Waals surface area contributed by atoms with E-state index < -0.39 is 0 Å². The van der Waals surface area contributed by atoms with Crippen LogP contribution in [0.5, 0.6) is 0 Å². The molecule has 3 aromatic rings. The van der Waals surface area contributed by atoms with Gasteiger partial charge in [-0.1, -0.05) is 18.6 Å². The van der Waals surface area contributed by atoms with Crippen molar-refractivity contribution < 1.29 is 4.42 Å². The molecule has 3 unspecified atom stereocenters. The SMILES string of the molecule is CC(CCCc1cccc2nc(-c3cnc(C(=N)N)o3)c(=O)[nH]c12)N1C(C)CCCC1C. The van der Waals surface area contributed by atoms with Crippen molar-refractivity contribution in [1.82, 2.24) is 19.9 Å². The topological polar surface area (TPSA) is 125 Å². The van der Waals surface area contributed by atoms with Crippen molar-refractivity contribution in [2.75, 3.05) is 0 Å². The van der Waals surface area contributed by atoms with Crippen molar-refractivity contribution in [2.24, 2.45) is 5.73 Å². The molecule has 1 aliphatic heterocycles. The molecule has 1 aromatic carbocycles. The lowest BCUT2D eigenvalue weighted by Crippen LogP contribution is -2.48. The molecule has 1 fully saturated rings. The van der Waals surface area contributed by atoms with Crippen LogP contribution in [0.25, 0.3) is 22.5 Å². The number of hydrogen-bond donors (Lipinski definition) is 3. The van der Waals surface area contributed by atoms with Crippen LogP contribution in [0.3, 0.4) is 0 Å². The molecule has 0 bridgehead atoms. The van der Waals surface area contributed by atoms with Crippen LogP contribution in [0.1, 0.15) is 64.3 Å². The summed E-state index contributed by atoms with van der Waals surface area (Å²) in [6.45, 7) is 7.03. The molecule has 4 N–H and O–H groups in total. The second kappa shape index (κ2) is 9.24. The summed E-state index contributed by atoms with van der Waals surface area (Å²) in [5.74, 6) is -0.123. The fourth-order valence-electron chi connectivity index (χ4n) is 5.10. The molecular formula is C24H32N6O2. The van der Waals surface area contributed by atoms with E-state index in [1.165, 1.54) is 25.5 Å². The van der Waals surface area contributed by atoms with Gasteiger partial charge in [-0.25, -0.2) is 9.97 Å². The van der Waals surface area contributed by atoms with Gasteiger partial charge in [-0.15, -0.1) is 0 Å². The lowest BCUT2D eigenvalue weighted by Gasteiger charge is -2.43. The van der Waals surface area contributed by atoms with Gasteiger partial charge in [-0.3, -0.25) is 15.1 Å². The Bertz CT molecular complexity index is 1160. The van der Waals surface area contributed by atoms with E-state index in [0.717, 1.165) is 30.3 Å². The lowest BCUT2D eigenvalue weighted by atomic mass is 9.93. The first-order valence-corrected chi connectivity index (χ1v) is 11.4. The molecule has 0 saturated carbocycles. The van der Waals surface area contributed by atoms with E-state index in [4.69, 9.17) is 15.6 Å². The molecule has 0 radical (unpaired) electrons. The molecule has 1 aliphatic rings. The van der Waals surface area contributed by atoms with Crippen LogP contribution in [-0.2, 0) is 6.42 Å². The van der Waals surface area contributed by atoms with Crippen LogP contribution in [0.15, 0.2) is 33.6 Å². The number of aromatic nitrogens is 3. The molecule has 8 heteroatoms. The molecular weight excluding hydrogens is 404 g/mol. The van der Waals surface area contributed by atoms with Gasteiger partial charge < -0.3 is 15.1 Å². The Morgan fingerprint density at radius 3 is 2.78 bits per heavy atom. The van der Waals surface area contributed by atoms with Crippen LogP contribution < -0.4 is 11.3 Å². The summed E-state index contributed by atoms with van der Waals surface area (Å²) < 4.78 is 5.41. The summed E-state index contributed by atoms with van der Waals surface area (Å²) >= 11 is 0. The number of nitrogens with one attached hydrogen (secondary N) is 2. The number of H-pyrrole nitrogens is 1. The number of nitrogens with two attached hydrogens (primary N) is 1. The van der Waals surface area contributed by atoms with Gasteiger partial charge in [-0.05, 0) is 64.5 Å². The summed E-state index contributed by atoms with van der Waals surface area (Å²) in [6, 6.07) is 7.72. The van der Waals surface area contributed by atoms with E-state index in [9.17, 15) is 4.79 Å². The first-order valence-electron chi connectivity index (χ1n) is 11.4. The minimum atomic E-state index is -0.347. The van der Waals surface area contributed by atoms with Crippen LogP contribution >= 0.6 is 0 Å². The van der Waals surface area contributed by atoms with Gasteiger partial charge in [0.25, 0.3) is 11.4 Å². The Morgan fingerprint density at radius 2 is 2.09 bits per heavy atom. The summed E-state index contributed by atoms with van der Waals surface area (Å²) in [5.41, 5.74) is 7.74. The second-order valence-corrected chi connectivity index (χ2v) is 8.99. The average Bonchev–Trinajstić information content (AvgIpc) is 3.24. The molecule has 8 nitrogen and oxygen atoms in total. The Morgan fingerprint density at radius 1 is 1.34 bits per heavy atom. The molecule has 32 heavy (non-hydrogen) atoms. The zero-order chi connectivity index (χ0) is 22.8. The molecule has 0 amide bonds. The zero-order valence-electron chi connectivity index (χ0n) is 19.0. The molecule has 2 aromatic heterocycles. The summed E-state index contributed by atoms with van der Waals surface area (Å²) in [4.78, 5) is 26.8. The van der Waals surface area contributed by atoms with Gasteiger partial charge in [-0.2, -0.15) is 0 Å². The van der Waals surface area contributed by atoms with Crippen molar-refractivity contribution in [1.29, 1.82) is 5.41 Å². The quantitative estimate of drug-likeness (QED) is 0.382. The highest BCUT2D eigenvalue weighted by molar-refractivity contribution is 5.90. The number of para-hydroxylation sites is 1. The number of likely N-dealkylation sites (tertiary alicyclic amines) is 1. The van der Waals surface area contributed by atoms with Crippen molar-refractivity contribution in [2.45, 2.75) is 77.4 Å². The van der Waals surface area contributed by atoms with E-state index in [1.807, 2.05) is 12.1 Å². The third-order valence-corrected chi connectivity index (χ3v) is 6.62. The van der Waals surface area contributed by atoms with Crippen LogP contribution in [0.2, 0.25) is 0 Å². The largest absolute Gasteiger partial charge is 0.432 e. The Kier molecular flexibility index (Phi) is 6.41. The number of benzene rings is 1. The van der Waals surface area contributed by atoms with Crippen molar-refractivity contribution in [3.63, 3.8) is 0 Å². The highest BCUT2D eigenvalue weighted by Crippen LogP contribution is 2.27. The first kappa shape index (κ1) is 22.2. The van der Waals surface area contributed by atoms with Gasteiger partial charge in [0.15, 0.2) is 17.3 Å². The lowest BCUT2D eigenvalue weighted by molar-refractivity contribution is 0.0580. The van der Waals surface area contributed by atoms with Crippen molar-refractivity contribution in [3.8, 4) is 11.5 Å². The molecule has 1 saturated heterocycles. The maximum absolute atomic E-state index is 12.7. The maximum Gasteiger partial charge on any atom is 0.278 e. The molecule has 0 aliphatic carbocycles. The third-order valence-electron chi connectivity index (χ3n) is 6.62. The minimum Gasteiger partial charge on any atom is -0.432 e. The van der Waals surface area contributed by atoms with Crippen LogP contribution in [0.4, 0.5) is 0 Å². The van der Waals surface area contributed by atoms with Crippen LogP contribution in [-0.4, -0.2) is 43.8 Å². The number of hydrogen-bond acceptors (Lipinski definition) is 6. The molecule has 170 valence electrons. The molecule has 0 spiro atoms. The number of nitrogen functional groups attached to an aromatic ring is 1. The minimum absolute atomic E-state index is 0.0264. The number of aryl methyl sites for hydroxylation is 1. The molecule has 3 heterocycles. The first-order chi connectivity index (χ1) is 15.3. The number of nitrogens with zero attached hydrogens (tertiary/aromatic N) is 3. The average molecular weight is 437 g/mol. The Hall–Kier alpha value is -3.00. The van der Waals surface area contributed by atoms with E-state index in [1.54, 1.807) is 0 Å². The van der Waals surface area contributed by atoms with E-state index in [-0.39, 0.29) is 28.7 Å². The number of amidine groups is 1. The highest BCUT2D eigenvalue weighted by atomic mass is 16.4. The summed E-state index contributed by atoms with van der Waals surface area (Å²) in [7, 11) is 0. The van der Waals surface area contributed by atoms with Crippen molar-refractivity contribution in [3.05, 3.63) is 46.2 Å². The maximum atomic E-state index is 12.7. The number of fused-ring (bicyclic) bond motifs is 1. The number of piperidine rings is 1. The van der Waals surface area contributed by atoms with Crippen LogP contribution in [0, 0.1) is 5.41 Å². The molecule has 3 atom stereocenters. The van der Waals surface area contributed by atoms with E-state index in [2.05, 4.69) is 46.7 Å². The van der Waals surface area contributed by atoms with Gasteiger partial charge >= 0.3 is 0 Å². The smallest absolute Gasteiger partial charge is 0.278 e. The number of oxazole rings is 1. The monoisotopic (exact) mass is 436 g/mol. The van der Waals surface area contributed by atoms with Gasteiger partial charge in [0.2, 0.25) is 0 Å². The van der Waals surface area contributed by atoms with Gasteiger partial charge in [0, 0.05) is 18.1 Å². The fourth-order valence-corrected chi connectivity index (χ4v) is 5.10. The third kappa shape index (κ3) is 4.46. The Balaban J connectivity index is 1.50. The molecule has 4 rings (SSSR count). The Labute approximate surface area is 187 Å². The fraction of sp³-hybridized carbons (Fsp3) is 0.500. The van der Waals surface area contributed by atoms with E-state index in [0.29, 0.717) is 23.6 Å². The van der Waals surface area contributed by atoms with Crippen molar-refractivity contribution >= 4 is 16.9 Å². The van der Waals surface area contributed by atoms with Gasteiger partial charge in [0.05, 0.1) is 17.2 Å². The summed E-state index contributed by atoms with van der Waals surface area (Å²) in [6.07, 6.45) is 8.31. The normalized spacial score (nSPS) is 20.5. The van der Waals surface area contributed by atoms with Gasteiger partial charge in [0.1, 0.15) is 0 Å². The number of rotatable bonds is 7. The number of aromatic amines is 1. The predicted octanol–water partition coefficient (Wildman–Crippen LogP) is 3.84. The van der Waals surface area contributed by atoms with E-state index >= 15 is 0 Å². The summed E-state index contributed by atoms with van der Waals surface area (Å²) in [5, 5.41) is 7.42. The predicted molar refractivity (Wildman–Crippen MR) is 126 cm³/mol. The standard InChI is InChI=1S/C24H32N6O2/c1-14-7-4-8-15(2)30(14)16(3)9-5-10-17-11-6-12-18-20(17)29-23(31)21(28-18)19-13-27-24(32-19)22(25)26/h6,11-16H,4-5,7-10H2,1-3H3,(H3,25,26)(H,29,31).